The van der Waals surface area contributed by atoms with Crippen LogP contribution < -0.4 is 0 Å². The van der Waals surface area contributed by atoms with Crippen molar-refractivity contribution < 1.29 is 0 Å². The maximum absolute atomic E-state index is 2.61. The van der Waals surface area contributed by atoms with Gasteiger partial charge in [-0.1, -0.05) is 40.0 Å². The molecule has 0 aliphatic carbocycles. The lowest BCUT2D eigenvalue weighted by Crippen LogP contribution is -2.44. The third-order valence-corrected chi connectivity index (χ3v) is 2.92. The summed E-state index contributed by atoms with van der Waals surface area (Å²) in [4.78, 5) is 5.03. The zero-order valence-corrected chi connectivity index (χ0v) is 11.3. The summed E-state index contributed by atoms with van der Waals surface area (Å²) in [6.07, 6.45) is 5.58. The molecular formula is C13H30N2. The summed E-state index contributed by atoms with van der Waals surface area (Å²) >= 11 is 0. The number of unbranched alkanes of at least 4 members (excludes halogenated alkanes) is 3. The fourth-order valence-corrected chi connectivity index (χ4v) is 1.83. The molecule has 1 aliphatic rings. The quantitative estimate of drug-likeness (QED) is 0.649. The van der Waals surface area contributed by atoms with Gasteiger partial charge in [0, 0.05) is 26.2 Å². The van der Waals surface area contributed by atoms with E-state index in [4.69, 9.17) is 0 Å². The van der Waals surface area contributed by atoms with E-state index in [-0.39, 0.29) is 0 Å². The molecule has 1 rings (SSSR count). The predicted molar refractivity (Wildman–Crippen MR) is 69.4 cm³/mol. The van der Waals surface area contributed by atoms with Gasteiger partial charge in [-0.2, -0.15) is 0 Å². The molecule has 1 aliphatic heterocycles. The van der Waals surface area contributed by atoms with Gasteiger partial charge in [-0.05, 0) is 20.0 Å². The van der Waals surface area contributed by atoms with Crippen molar-refractivity contribution in [1.82, 2.24) is 9.80 Å². The van der Waals surface area contributed by atoms with Crippen LogP contribution >= 0.6 is 0 Å². The second-order valence-corrected chi connectivity index (χ2v) is 4.21. The SMILES string of the molecule is CC.CCCCCCN1CCN(C)CC1. The van der Waals surface area contributed by atoms with Gasteiger partial charge in [-0.3, -0.25) is 0 Å². The Morgan fingerprint density at radius 3 is 2.00 bits per heavy atom. The molecule has 0 unspecified atom stereocenters. The minimum atomic E-state index is 1.26. The molecule has 92 valence electrons. The lowest BCUT2D eigenvalue weighted by Gasteiger charge is -2.32. The predicted octanol–water partition coefficient (Wildman–Crippen LogP) is 2.84. The van der Waals surface area contributed by atoms with Crippen LogP contribution in [0.15, 0.2) is 0 Å². The highest BCUT2D eigenvalue weighted by Gasteiger charge is 2.12. The summed E-state index contributed by atoms with van der Waals surface area (Å²) in [6.45, 7) is 12.7. The van der Waals surface area contributed by atoms with Gasteiger partial charge in [0.05, 0.1) is 0 Å². The molecule has 0 saturated carbocycles. The van der Waals surface area contributed by atoms with Crippen molar-refractivity contribution in [3.63, 3.8) is 0 Å². The van der Waals surface area contributed by atoms with Crippen molar-refractivity contribution >= 4 is 0 Å². The molecule has 0 bridgehead atoms. The van der Waals surface area contributed by atoms with Crippen LogP contribution in [0.1, 0.15) is 46.5 Å². The zero-order chi connectivity index (χ0) is 11.5. The van der Waals surface area contributed by atoms with Crippen molar-refractivity contribution in [3.05, 3.63) is 0 Å². The van der Waals surface area contributed by atoms with Crippen LogP contribution in [0.25, 0.3) is 0 Å². The Bertz CT molecular complexity index is 118. The lowest BCUT2D eigenvalue weighted by molar-refractivity contribution is 0.152. The van der Waals surface area contributed by atoms with Crippen molar-refractivity contribution in [3.8, 4) is 0 Å². The third-order valence-electron chi connectivity index (χ3n) is 2.92. The molecule has 0 atom stereocenters. The van der Waals surface area contributed by atoms with Crippen LogP contribution in [0.5, 0.6) is 0 Å². The molecule has 0 radical (unpaired) electrons. The van der Waals surface area contributed by atoms with E-state index in [0.29, 0.717) is 0 Å². The molecule has 2 heteroatoms. The molecule has 1 heterocycles. The van der Waals surface area contributed by atoms with Crippen LogP contribution in [0.3, 0.4) is 0 Å². The van der Waals surface area contributed by atoms with Gasteiger partial charge < -0.3 is 9.80 Å². The monoisotopic (exact) mass is 214 g/mol. The van der Waals surface area contributed by atoms with Crippen LogP contribution in [-0.4, -0.2) is 49.6 Å². The average molecular weight is 214 g/mol. The average Bonchev–Trinajstić information content (AvgIpc) is 2.30. The summed E-state index contributed by atoms with van der Waals surface area (Å²) in [5.74, 6) is 0. The summed E-state index contributed by atoms with van der Waals surface area (Å²) in [5, 5.41) is 0. The molecule has 0 aromatic heterocycles. The van der Waals surface area contributed by atoms with Crippen LogP contribution in [0.2, 0.25) is 0 Å². The summed E-state index contributed by atoms with van der Waals surface area (Å²) < 4.78 is 0. The lowest BCUT2D eigenvalue weighted by atomic mass is 10.2. The van der Waals surface area contributed by atoms with Gasteiger partial charge in [0.1, 0.15) is 0 Å². The van der Waals surface area contributed by atoms with E-state index in [2.05, 4.69) is 23.8 Å². The first-order valence-electron chi connectivity index (χ1n) is 6.74. The third kappa shape index (κ3) is 7.80. The molecule has 0 aromatic carbocycles. The first-order valence-corrected chi connectivity index (χ1v) is 6.74. The Kier molecular flexibility index (Phi) is 10.4. The van der Waals surface area contributed by atoms with Crippen LogP contribution in [0, 0.1) is 0 Å². The molecule has 0 amide bonds. The standard InChI is InChI=1S/C11H24N2.C2H6/c1-3-4-5-6-7-13-10-8-12(2)9-11-13;1-2/h3-11H2,1-2H3;1-2H3. The van der Waals surface area contributed by atoms with Crippen molar-refractivity contribution in [2.45, 2.75) is 46.5 Å². The maximum Gasteiger partial charge on any atom is 0.0110 e. The highest BCUT2D eigenvalue weighted by atomic mass is 15.2. The molecule has 0 aromatic rings. The second kappa shape index (κ2) is 10.4. The van der Waals surface area contributed by atoms with Crippen molar-refractivity contribution in [2.75, 3.05) is 39.8 Å². The van der Waals surface area contributed by atoms with E-state index in [1.807, 2.05) is 13.8 Å². The molecule has 0 N–H and O–H groups in total. The van der Waals surface area contributed by atoms with E-state index >= 15 is 0 Å². The van der Waals surface area contributed by atoms with Gasteiger partial charge in [0.15, 0.2) is 0 Å². The molecule has 2 nitrogen and oxygen atoms in total. The Balaban J connectivity index is 0.000000921. The Morgan fingerprint density at radius 1 is 0.867 bits per heavy atom. The smallest absolute Gasteiger partial charge is 0.0110 e. The minimum absolute atomic E-state index is 1.26. The number of hydrogen-bond acceptors (Lipinski definition) is 2. The van der Waals surface area contributed by atoms with E-state index in [0.717, 1.165) is 0 Å². The zero-order valence-electron chi connectivity index (χ0n) is 11.3. The number of piperazine rings is 1. The summed E-state index contributed by atoms with van der Waals surface area (Å²) in [5.41, 5.74) is 0. The molecule has 15 heavy (non-hydrogen) atoms. The van der Waals surface area contributed by atoms with Crippen molar-refractivity contribution in [1.29, 1.82) is 0 Å². The van der Waals surface area contributed by atoms with E-state index < -0.39 is 0 Å². The van der Waals surface area contributed by atoms with Crippen molar-refractivity contribution in [2.24, 2.45) is 0 Å². The topological polar surface area (TPSA) is 6.48 Å². The Morgan fingerprint density at radius 2 is 1.47 bits per heavy atom. The fraction of sp³-hybridized carbons (Fsp3) is 1.00. The number of likely N-dealkylation sites (N-methyl/N-ethyl adjacent to an activating group) is 1. The number of rotatable bonds is 5. The van der Waals surface area contributed by atoms with E-state index in [1.54, 1.807) is 0 Å². The van der Waals surface area contributed by atoms with E-state index in [9.17, 15) is 0 Å². The van der Waals surface area contributed by atoms with Gasteiger partial charge in [0.25, 0.3) is 0 Å². The first kappa shape index (κ1) is 14.9. The molecular weight excluding hydrogens is 184 g/mol. The largest absolute Gasteiger partial charge is 0.304 e. The van der Waals surface area contributed by atoms with Gasteiger partial charge in [0.2, 0.25) is 0 Å². The first-order chi connectivity index (χ1) is 7.33. The molecule has 1 saturated heterocycles. The minimum Gasteiger partial charge on any atom is -0.304 e. The van der Waals surface area contributed by atoms with Gasteiger partial charge in [-0.15, -0.1) is 0 Å². The Hall–Kier alpha value is -0.0800. The molecule has 0 spiro atoms. The van der Waals surface area contributed by atoms with Gasteiger partial charge in [-0.25, -0.2) is 0 Å². The second-order valence-electron chi connectivity index (χ2n) is 4.21. The normalized spacial score (nSPS) is 18.4. The summed E-state index contributed by atoms with van der Waals surface area (Å²) in [6, 6.07) is 0. The van der Waals surface area contributed by atoms with Crippen LogP contribution in [-0.2, 0) is 0 Å². The highest BCUT2D eigenvalue weighted by Crippen LogP contribution is 2.04. The van der Waals surface area contributed by atoms with Gasteiger partial charge >= 0.3 is 0 Å². The highest BCUT2D eigenvalue weighted by molar-refractivity contribution is 4.68. The molecule has 1 fully saturated rings. The van der Waals surface area contributed by atoms with E-state index in [1.165, 1.54) is 58.4 Å². The number of hydrogen-bond donors (Lipinski definition) is 0. The number of nitrogens with zero attached hydrogens (tertiary/aromatic N) is 2. The fourth-order valence-electron chi connectivity index (χ4n) is 1.83. The maximum atomic E-state index is 2.61. The Labute approximate surface area is 96.6 Å². The van der Waals surface area contributed by atoms with Crippen LogP contribution in [0.4, 0.5) is 0 Å². The summed E-state index contributed by atoms with van der Waals surface area (Å²) in [7, 11) is 2.22.